The number of benzene rings is 1. The van der Waals surface area contributed by atoms with Gasteiger partial charge in [-0.1, -0.05) is 31.0 Å². The number of aliphatic hydroxyl groups excluding tert-OH is 1. The van der Waals surface area contributed by atoms with E-state index in [1.54, 1.807) is 26.0 Å². The molecule has 1 aromatic heterocycles. The molecule has 1 fully saturated rings. The molecule has 1 aliphatic rings. The van der Waals surface area contributed by atoms with Gasteiger partial charge < -0.3 is 19.9 Å². The number of aliphatic hydroxyl groups is 1. The van der Waals surface area contributed by atoms with Gasteiger partial charge in [-0.05, 0) is 31.0 Å². The summed E-state index contributed by atoms with van der Waals surface area (Å²) in [7, 11) is 3.29. The Morgan fingerprint density at radius 1 is 1.11 bits per heavy atom. The first-order chi connectivity index (χ1) is 13.8. The lowest BCUT2D eigenvalue weighted by Gasteiger charge is -2.25. The van der Waals surface area contributed by atoms with Crippen molar-refractivity contribution in [2.45, 2.75) is 43.3 Å². The van der Waals surface area contributed by atoms with Crippen LogP contribution in [0.5, 0.6) is 11.5 Å². The highest BCUT2D eigenvalue weighted by Gasteiger charge is 2.24. The van der Waals surface area contributed by atoms with Crippen molar-refractivity contribution < 1.29 is 14.6 Å². The van der Waals surface area contributed by atoms with Gasteiger partial charge in [-0.3, -0.25) is 4.57 Å². The van der Waals surface area contributed by atoms with E-state index < -0.39 is 0 Å². The Bertz CT molecular complexity index is 747. The summed E-state index contributed by atoms with van der Waals surface area (Å²) in [6.45, 7) is 1.60. The summed E-state index contributed by atoms with van der Waals surface area (Å²) in [5.74, 6) is 3.18. The van der Waals surface area contributed by atoms with Crippen molar-refractivity contribution in [3.05, 3.63) is 18.2 Å². The number of aromatic nitrogens is 3. The minimum absolute atomic E-state index is 0.159. The van der Waals surface area contributed by atoms with Gasteiger partial charge in [0.05, 0.1) is 20.8 Å². The molecule has 8 heteroatoms. The van der Waals surface area contributed by atoms with Crippen LogP contribution in [0.25, 0.3) is 11.4 Å². The van der Waals surface area contributed by atoms with Gasteiger partial charge in [0, 0.05) is 30.4 Å². The summed E-state index contributed by atoms with van der Waals surface area (Å²) in [6.07, 6.45) is 6.12. The summed E-state index contributed by atoms with van der Waals surface area (Å²) in [5, 5.41) is 22.1. The fraction of sp³-hybridized carbons (Fsp3) is 0.600. The SMILES string of the molecule is COc1ccc(-c2nnc(SCCNCCO)n2C2CCCCC2)cc1OC. The van der Waals surface area contributed by atoms with E-state index in [2.05, 4.69) is 20.1 Å². The Morgan fingerprint density at radius 3 is 2.61 bits per heavy atom. The molecule has 0 aliphatic heterocycles. The Morgan fingerprint density at radius 2 is 1.89 bits per heavy atom. The van der Waals surface area contributed by atoms with E-state index in [1.807, 2.05) is 18.2 Å². The van der Waals surface area contributed by atoms with E-state index >= 15 is 0 Å². The predicted octanol–water partition coefficient (Wildman–Crippen LogP) is 3.14. The molecule has 1 aliphatic carbocycles. The van der Waals surface area contributed by atoms with Crippen molar-refractivity contribution in [3.8, 4) is 22.9 Å². The molecule has 7 nitrogen and oxygen atoms in total. The molecule has 0 unspecified atom stereocenters. The smallest absolute Gasteiger partial charge is 0.191 e. The average molecular weight is 407 g/mol. The lowest BCUT2D eigenvalue weighted by molar-refractivity contribution is 0.294. The van der Waals surface area contributed by atoms with Crippen molar-refractivity contribution in [3.63, 3.8) is 0 Å². The molecule has 0 atom stereocenters. The average Bonchev–Trinajstić information content (AvgIpc) is 3.17. The van der Waals surface area contributed by atoms with Gasteiger partial charge in [-0.15, -0.1) is 10.2 Å². The topological polar surface area (TPSA) is 81.4 Å². The Balaban J connectivity index is 1.87. The Kier molecular flexibility index (Phi) is 8.00. The van der Waals surface area contributed by atoms with E-state index in [0.717, 1.165) is 41.7 Å². The summed E-state index contributed by atoms with van der Waals surface area (Å²) in [5.41, 5.74) is 0.987. The molecule has 3 rings (SSSR count). The van der Waals surface area contributed by atoms with Crippen LogP contribution in [0.3, 0.4) is 0 Å². The van der Waals surface area contributed by atoms with Crippen molar-refractivity contribution in [2.75, 3.05) is 39.7 Å². The third-order valence-corrected chi connectivity index (χ3v) is 5.99. The van der Waals surface area contributed by atoms with Crippen LogP contribution in [-0.2, 0) is 0 Å². The third-order valence-electron chi connectivity index (χ3n) is 5.04. The lowest BCUT2D eigenvalue weighted by atomic mass is 9.95. The largest absolute Gasteiger partial charge is 0.493 e. The number of nitrogens with one attached hydrogen (secondary N) is 1. The van der Waals surface area contributed by atoms with Gasteiger partial charge in [0.15, 0.2) is 22.5 Å². The van der Waals surface area contributed by atoms with Crippen LogP contribution in [0.1, 0.15) is 38.1 Å². The molecule has 2 N–H and O–H groups in total. The second-order valence-corrected chi connectivity index (χ2v) is 7.92. The summed E-state index contributed by atoms with van der Waals surface area (Å²) in [6, 6.07) is 6.33. The number of hydrogen-bond donors (Lipinski definition) is 2. The highest BCUT2D eigenvalue weighted by Crippen LogP contribution is 2.37. The standard InChI is InChI=1S/C20H30N4O3S/c1-26-17-9-8-15(14-18(17)27-2)19-22-23-20(28-13-11-21-10-12-25)24(19)16-6-4-3-5-7-16/h8-9,14,16,21,25H,3-7,10-13H2,1-2H3. The third kappa shape index (κ3) is 4.98. The summed E-state index contributed by atoms with van der Waals surface area (Å²) in [4.78, 5) is 0. The molecule has 2 aromatic rings. The molecule has 0 radical (unpaired) electrons. The van der Waals surface area contributed by atoms with Crippen molar-refractivity contribution >= 4 is 11.8 Å². The molecule has 0 saturated heterocycles. The Labute approximate surface area is 170 Å². The monoisotopic (exact) mass is 406 g/mol. The van der Waals surface area contributed by atoms with Gasteiger partial charge in [-0.2, -0.15) is 0 Å². The maximum Gasteiger partial charge on any atom is 0.191 e. The second kappa shape index (κ2) is 10.7. The highest BCUT2D eigenvalue weighted by molar-refractivity contribution is 7.99. The number of hydrogen-bond acceptors (Lipinski definition) is 7. The van der Waals surface area contributed by atoms with Crippen LogP contribution >= 0.6 is 11.8 Å². The van der Waals surface area contributed by atoms with Gasteiger partial charge in [0.25, 0.3) is 0 Å². The zero-order chi connectivity index (χ0) is 19.8. The molecule has 0 amide bonds. The maximum atomic E-state index is 8.89. The molecule has 0 spiro atoms. The fourth-order valence-electron chi connectivity index (χ4n) is 3.63. The van der Waals surface area contributed by atoms with Crippen LogP contribution in [0, 0.1) is 0 Å². The van der Waals surface area contributed by atoms with E-state index in [-0.39, 0.29) is 6.61 Å². The van der Waals surface area contributed by atoms with Gasteiger partial charge >= 0.3 is 0 Å². The van der Waals surface area contributed by atoms with Crippen LogP contribution in [0.15, 0.2) is 23.4 Å². The van der Waals surface area contributed by atoms with Crippen LogP contribution in [0.4, 0.5) is 0 Å². The normalized spacial score (nSPS) is 15.0. The van der Waals surface area contributed by atoms with Crippen LogP contribution in [-0.4, -0.2) is 59.5 Å². The van der Waals surface area contributed by atoms with E-state index in [0.29, 0.717) is 24.1 Å². The van der Waals surface area contributed by atoms with E-state index in [1.165, 1.54) is 19.3 Å². The van der Waals surface area contributed by atoms with E-state index in [4.69, 9.17) is 14.6 Å². The first-order valence-corrected chi connectivity index (χ1v) is 10.9. The number of ether oxygens (including phenoxy) is 2. The van der Waals surface area contributed by atoms with Gasteiger partial charge in [-0.25, -0.2) is 0 Å². The van der Waals surface area contributed by atoms with E-state index in [9.17, 15) is 0 Å². The molecular weight excluding hydrogens is 376 g/mol. The van der Waals surface area contributed by atoms with Crippen LogP contribution in [0.2, 0.25) is 0 Å². The maximum absolute atomic E-state index is 8.89. The fourth-order valence-corrected chi connectivity index (χ4v) is 4.54. The molecule has 1 saturated carbocycles. The number of rotatable bonds is 10. The molecule has 0 bridgehead atoms. The molecule has 1 heterocycles. The minimum Gasteiger partial charge on any atom is -0.493 e. The number of methoxy groups -OCH3 is 2. The quantitative estimate of drug-likeness (QED) is 0.463. The zero-order valence-electron chi connectivity index (χ0n) is 16.7. The van der Waals surface area contributed by atoms with Gasteiger partial charge in [0.2, 0.25) is 0 Å². The number of nitrogens with zero attached hydrogens (tertiary/aromatic N) is 3. The summed E-state index contributed by atoms with van der Waals surface area (Å²) < 4.78 is 13.2. The lowest BCUT2D eigenvalue weighted by Crippen LogP contribution is -2.21. The van der Waals surface area contributed by atoms with Gasteiger partial charge in [0.1, 0.15) is 0 Å². The molecule has 1 aromatic carbocycles. The van der Waals surface area contributed by atoms with Crippen molar-refractivity contribution in [1.29, 1.82) is 0 Å². The van der Waals surface area contributed by atoms with Crippen LogP contribution < -0.4 is 14.8 Å². The Hall–Kier alpha value is -1.77. The first-order valence-electron chi connectivity index (χ1n) is 9.90. The highest BCUT2D eigenvalue weighted by atomic mass is 32.2. The molecular formula is C20H30N4O3S. The molecule has 28 heavy (non-hydrogen) atoms. The molecule has 154 valence electrons. The van der Waals surface area contributed by atoms with Crippen molar-refractivity contribution in [1.82, 2.24) is 20.1 Å². The summed E-state index contributed by atoms with van der Waals surface area (Å²) >= 11 is 1.71. The second-order valence-electron chi connectivity index (χ2n) is 6.86. The minimum atomic E-state index is 0.159. The number of thioether (sulfide) groups is 1. The zero-order valence-corrected chi connectivity index (χ0v) is 17.5. The predicted molar refractivity (Wildman–Crippen MR) is 111 cm³/mol. The van der Waals surface area contributed by atoms with Crippen molar-refractivity contribution in [2.24, 2.45) is 0 Å². The first kappa shape index (κ1) is 21.0.